The number of hydrogen-bond acceptors (Lipinski definition) is 5. The van der Waals surface area contributed by atoms with Crippen LogP contribution in [0.4, 0.5) is 11.4 Å². The number of anilines is 1. The second kappa shape index (κ2) is 20.5. The van der Waals surface area contributed by atoms with Crippen molar-refractivity contribution in [3.05, 3.63) is 167 Å². The second-order valence-corrected chi connectivity index (χ2v) is 22.1. The van der Waals surface area contributed by atoms with Crippen LogP contribution < -0.4 is 16.0 Å². The van der Waals surface area contributed by atoms with Crippen molar-refractivity contribution in [1.29, 1.82) is 0 Å². The topological polar surface area (TPSA) is 83.1 Å². The molecule has 2 aromatic heterocycles. The lowest BCUT2D eigenvalue weighted by Crippen LogP contribution is -2.28. The van der Waals surface area contributed by atoms with E-state index in [-0.39, 0.29) is 22.6 Å². The predicted octanol–water partition coefficient (Wildman–Crippen LogP) is 13.6. The molecule has 0 bridgehead atoms. The molecule has 0 fully saturated rings. The zero-order valence-electron chi connectivity index (χ0n) is 41.8. The summed E-state index contributed by atoms with van der Waals surface area (Å²) in [5.41, 5.74) is 13.8. The lowest BCUT2D eigenvalue weighted by molar-refractivity contribution is -0.401. The largest absolute Gasteiger partial charge is 0.388 e. The Morgan fingerprint density at radius 2 is 1.17 bits per heavy atom. The molecule has 0 saturated heterocycles. The number of allylic oxidation sites excluding steroid dienone is 2. The minimum absolute atomic E-state index is 0.0698. The fourth-order valence-electron chi connectivity index (χ4n) is 10.5. The van der Waals surface area contributed by atoms with Crippen LogP contribution in [0.1, 0.15) is 90.9 Å². The fraction of sp³-hybridized carbons (Fsp3) is 0.283. The van der Waals surface area contributed by atoms with Gasteiger partial charge in [0.15, 0.2) is 5.71 Å². The summed E-state index contributed by atoms with van der Waals surface area (Å²) < 4.78 is 7.01. The van der Waals surface area contributed by atoms with E-state index in [4.69, 9.17) is 0 Å². The summed E-state index contributed by atoms with van der Waals surface area (Å²) >= 11 is 0. The molecule has 70 heavy (non-hydrogen) atoms. The van der Waals surface area contributed by atoms with Gasteiger partial charge in [0.25, 0.3) is 11.8 Å². The Morgan fingerprint density at radius 1 is 0.643 bits per heavy atom. The third-order valence-electron chi connectivity index (χ3n) is 14.2. The van der Waals surface area contributed by atoms with Gasteiger partial charge in [-0.05, 0) is 129 Å². The van der Waals surface area contributed by atoms with Crippen molar-refractivity contribution in [2.45, 2.75) is 71.9 Å². The van der Waals surface area contributed by atoms with E-state index in [1.807, 2.05) is 31.3 Å². The van der Waals surface area contributed by atoms with Crippen molar-refractivity contribution in [3.8, 4) is 0 Å². The highest BCUT2D eigenvalue weighted by Gasteiger charge is 2.43. The van der Waals surface area contributed by atoms with Crippen LogP contribution in [0.15, 0.2) is 133 Å². The number of fused-ring (bicyclic) bond motifs is 7. The molecule has 9 rings (SSSR count). The molecule has 0 saturated carbocycles. The van der Waals surface area contributed by atoms with Crippen molar-refractivity contribution >= 4 is 106 Å². The first-order valence-corrected chi connectivity index (χ1v) is 27.1. The van der Waals surface area contributed by atoms with Gasteiger partial charge in [0.1, 0.15) is 7.05 Å². The maximum absolute atomic E-state index is 13.4. The Labute approximate surface area is 420 Å². The number of nitrogens with zero attached hydrogens (tertiary/aromatic N) is 3. The average Bonchev–Trinajstić information content (AvgIpc) is 3.94. The lowest BCUT2D eigenvalue weighted by Gasteiger charge is -2.27. The van der Waals surface area contributed by atoms with Crippen LogP contribution in [-0.2, 0) is 23.9 Å². The molecule has 6 aromatic carbocycles. The SMILES string of the molecule is CCn1c2ccccc2c2cc(/C=C/CC(C)(C)c3cc(C(=O)NCCSSCCNC(=O)c4ccc5c(c4)C(C)(C)C(/C=C/c4ccc6c(c4)c4ccccc4n6CC)=[N+]5C)ccc3NC)ccc21. The molecule has 358 valence electrons. The molecule has 3 N–H and O–H groups in total. The van der Waals surface area contributed by atoms with Crippen molar-refractivity contribution in [3.63, 3.8) is 0 Å². The molecule has 1 aliphatic rings. The molecule has 0 atom stereocenters. The molecular formula is C60H65N6O2S2+. The van der Waals surface area contributed by atoms with Crippen LogP contribution in [0.3, 0.4) is 0 Å². The minimum atomic E-state index is -0.288. The normalized spacial score (nSPS) is 13.7. The zero-order chi connectivity index (χ0) is 49.2. The summed E-state index contributed by atoms with van der Waals surface area (Å²) in [6.45, 7) is 16.3. The van der Waals surface area contributed by atoms with E-state index in [1.165, 1.54) is 54.9 Å². The Bertz CT molecular complexity index is 3360. The summed E-state index contributed by atoms with van der Waals surface area (Å²) in [4.78, 5) is 26.8. The lowest BCUT2D eigenvalue weighted by atomic mass is 9.79. The molecule has 0 spiro atoms. The van der Waals surface area contributed by atoms with Gasteiger partial charge in [-0.1, -0.05) is 96.1 Å². The Morgan fingerprint density at radius 3 is 1.74 bits per heavy atom. The number of carbonyl (C=O) groups excluding carboxylic acids is 2. The van der Waals surface area contributed by atoms with E-state index in [0.717, 1.165) is 59.1 Å². The maximum Gasteiger partial charge on any atom is 0.251 e. The van der Waals surface area contributed by atoms with Gasteiger partial charge in [-0.25, -0.2) is 0 Å². The van der Waals surface area contributed by atoms with Gasteiger partial charge in [-0.15, -0.1) is 0 Å². The monoisotopic (exact) mass is 965 g/mol. The highest BCUT2D eigenvalue weighted by Crippen LogP contribution is 2.41. The summed E-state index contributed by atoms with van der Waals surface area (Å²) in [6, 6.07) is 42.7. The highest BCUT2D eigenvalue weighted by atomic mass is 33.1. The molecule has 0 unspecified atom stereocenters. The predicted molar refractivity (Wildman–Crippen MR) is 302 cm³/mol. The number of nitrogens with one attached hydrogen (secondary N) is 3. The average molecular weight is 966 g/mol. The van der Waals surface area contributed by atoms with Gasteiger partial charge in [0, 0.05) is 123 Å². The van der Waals surface area contributed by atoms with Gasteiger partial charge in [0.2, 0.25) is 5.69 Å². The van der Waals surface area contributed by atoms with Crippen LogP contribution in [0.2, 0.25) is 0 Å². The zero-order valence-corrected chi connectivity index (χ0v) is 43.4. The quantitative estimate of drug-likeness (QED) is 0.0453. The Balaban J connectivity index is 0.733. The smallest absolute Gasteiger partial charge is 0.251 e. The number of amides is 2. The third kappa shape index (κ3) is 9.43. The van der Waals surface area contributed by atoms with Gasteiger partial charge in [-0.3, -0.25) is 9.59 Å². The molecule has 0 aliphatic carbocycles. The molecule has 3 heterocycles. The van der Waals surface area contributed by atoms with Crippen LogP contribution >= 0.6 is 21.6 Å². The first-order chi connectivity index (χ1) is 33.8. The molecule has 10 heteroatoms. The number of aryl methyl sites for hydroxylation is 2. The maximum atomic E-state index is 13.4. The molecule has 2 amide bonds. The van der Waals surface area contributed by atoms with Gasteiger partial charge in [-0.2, -0.15) is 4.58 Å². The summed E-state index contributed by atoms with van der Waals surface area (Å²) in [7, 11) is 7.44. The van der Waals surface area contributed by atoms with E-state index < -0.39 is 0 Å². The van der Waals surface area contributed by atoms with Crippen LogP contribution in [0.25, 0.3) is 55.8 Å². The van der Waals surface area contributed by atoms with Crippen molar-refractivity contribution in [2.24, 2.45) is 0 Å². The number of benzene rings is 6. The van der Waals surface area contributed by atoms with E-state index in [0.29, 0.717) is 24.2 Å². The van der Waals surface area contributed by atoms with Crippen LogP contribution in [0.5, 0.6) is 0 Å². The van der Waals surface area contributed by atoms with Crippen molar-refractivity contribution < 1.29 is 14.2 Å². The number of carbonyl (C=O) groups is 2. The number of para-hydroxylation sites is 2. The fourth-order valence-corrected chi connectivity index (χ4v) is 12.3. The molecular weight excluding hydrogens is 901 g/mol. The van der Waals surface area contributed by atoms with E-state index in [2.05, 4.69) is 200 Å². The van der Waals surface area contributed by atoms with Gasteiger partial charge >= 0.3 is 0 Å². The van der Waals surface area contributed by atoms with E-state index >= 15 is 0 Å². The van der Waals surface area contributed by atoms with E-state index in [1.54, 1.807) is 21.6 Å². The Kier molecular flexibility index (Phi) is 14.2. The number of rotatable bonds is 18. The standard InChI is InChI=1S/C60H64N6O2S2/c1-9-65-51-19-13-11-17-44(51)46-36-40(21-27-53(46)65)16-15-31-59(3,4)48-38-42(24-26-50(48)61-7)57(67)62-32-34-69-70-35-33-63-58(68)43-25-29-55-49(39-43)60(5,6)56(64(55)8)30-23-41-22-28-54-47(37-41)45-18-12-14-20-52(45)66(54)10-2/h11-30,36-39H,9-10,31-35H2,1-8H3,(H2-,61,62,63,67,68)/p+1/b16-15+. The molecule has 0 radical (unpaired) electrons. The van der Waals surface area contributed by atoms with Gasteiger partial charge < -0.3 is 25.1 Å². The minimum Gasteiger partial charge on any atom is -0.388 e. The first kappa shape index (κ1) is 48.5. The summed E-state index contributed by atoms with van der Waals surface area (Å²) in [6.07, 6.45) is 9.72. The molecule has 8 aromatic rings. The number of hydrogen-bond donors (Lipinski definition) is 3. The second-order valence-electron chi connectivity index (χ2n) is 19.4. The summed E-state index contributed by atoms with van der Waals surface area (Å²) in [5, 5.41) is 14.7. The van der Waals surface area contributed by atoms with Crippen molar-refractivity contribution in [2.75, 3.05) is 44.0 Å². The number of aromatic nitrogens is 2. The first-order valence-electron chi connectivity index (χ1n) is 24.6. The Hall–Kier alpha value is -6.49. The summed E-state index contributed by atoms with van der Waals surface area (Å²) in [5.74, 6) is 1.37. The van der Waals surface area contributed by atoms with Gasteiger partial charge in [0.05, 0.1) is 5.41 Å². The molecule has 8 nitrogen and oxygen atoms in total. The van der Waals surface area contributed by atoms with Crippen molar-refractivity contribution in [1.82, 2.24) is 19.8 Å². The molecule has 1 aliphatic heterocycles. The highest BCUT2D eigenvalue weighted by molar-refractivity contribution is 8.76. The van der Waals surface area contributed by atoms with E-state index in [9.17, 15) is 9.59 Å². The third-order valence-corrected chi connectivity index (χ3v) is 16.6. The van der Waals surface area contributed by atoms with Crippen LogP contribution in [-0.4, -0.2) is 69.9 Å². The van der Waals surface area contributed by atoms with Crippen LogP contribution in [0, 0.1) is 0 Å².